The monoisotopic (exact) mass is 397 g/mol. The van der Waals surface area contributed by atoms with Crippen LogP contribution in [0.2, 0.25) is 5.02 Å². The van der Waals surface area contributed by atoms with E-state index in [0.29, 0.717) is 13.1 Å². The SMILES string of the molecule is O=C(Nc1ccc(Cl)cc1C(F)(F)F)c1cccc(C(=O)N2CCCC2)n1. The zero-order valence-electron chi connectivity index (χ0n) is 14.0. The Balaban J connectivity index is 1.83. The molecule has 2 amide bonds. The molecule has 3 rings (SSSR count). The van der Waals surface area contributed by atoms with E-state index in [-0.39, 0.29) is 22.3 Å². The van der Waals surface area contributed by atoms with Gasteiger partial charge in [0.1, 0.15) is 11.4 Å². The molecule has 0 atom stereocenters. The molecular formula is C18H15ClF3N3O2. The summed E-state index contributed by atoms with van der Waals surface area (Å²) >= 11 is 5.63. The van der Waals surface area contributed by atoms with Gasteiger partial charge in [-0.05, 0) is 43.2 Å². The van der Waals surface area contributed by atoms with Crippen molar-refractivity contribution in [1.29, 1.82) is 0 Å². The second-order valence-corrected chi connectivity index (χ2v) is 6.49. The minimum Gasteiger partial charge on any atom is -0.337 e. The average Bonchev–Trinajstić information content (AvgIpc) is 3.16. The van der Waals surface area contributed by atoms with Crippen LogP contribution >= 0.6 is 11.6 Å². The molecule has 0 spiro atoms. The lowest BCUT2D eigenvalue weighted by molar-refractivity contribution is -0.136. The number of halogens is 4. The van der Waals surface area contributed by atoms with Gasteiger partial charge in [-0.25, -0.2) is 4.98 Å². The van der Waals surface area contributed by atoms with Gasteiger partial charge in [0.2, 0.25) is 0 Å². The van der Waals surface area contributed by atoms with Gasteiger partial charge in [0.25, 0.3) is 11.8 Å². The topological polar surface area (TPSA) is 62.3 Å². The molecular weight excluding hydrogens is 383 g/mol. The van der Waals surface area contributed by atoms with Gasteiger partial charge in [-0.15, -0.1) is 0 Å². The predicted octanol–water partition coefficient (Wildman–Crippen LogP) is 4.24. The van der Waals surface area contributed by atoms with Crippen LogP contribution in [0.1, 0.15) is 39.4 Å². The van der Waals surface area contributed by atoms with Crippen LogP contribution in [0.25, 0.3) is 0 Å². The zero-order chi connectivity index (χ0) is 19.6. The molecule has 1 aromatic carbocycles. The zero-order valence-corrected chi connectivity index (χ0v) is 14.8. The maximum Gasteiger partial charge on any atom is 0.418 e. The normalized spacial score (nSPS) is 14.3. The van der Waals surface area contributed by atoms with Gasteiger partial charge in [0, 0.05) is 18.1 Å². The summed E-state index contributed by atoms with van der Waals surface area (Å²) in [6.45, 7) is 1.24. The lowest BCUT2D eigenvalue weighted by Crippen LogP contribution is -2.29. The molecule has 9 heteroatoms. The van der Waals surface area contributed by atoms with E-state index in [2.05, 4.69) is 10.3 Å². The maximum atomic E-state index is 13.1. The summed E-state index contributed by atoms with van der Waals surface area (Å²) in [6, 6.07) is 7.32. The number of rotatable bonds is 3. The van der Waals surface area contributed by atoms with Crippen LogP contribution in [0, 0.1) is 0 Å². The number of hydrogen-bond donors (Lipinski definition) is 1. The van der Waals surface area contributed by atoms with E-state index in [1.54, 1.807) is 4.90 Å². The summed E-state index contributed by atoms with van der Waals surface area (Å²) in [5, 5.41) is 2.09. The van der Waals surface area contributed by atoms with Crippen LogP contribution in [0.15, 0.2) is 36.4 Å². The number of alkyl halides is 3. The van der Waals surface area contributed by atoms with Crippen LogP contribution in [-0.2, 0) is 6.18 Å². The number of nitrogens with zero attached hydrogens (tertiary/aromatic N) is 2. The predicted molar refractivity (Wildman–Crippen MR) is 93.8 cm³/mol. The molecule has 2 aromatic rings. The van der Waals surface area contributed by atoms with Crippen molar-refractivity contribution in [2.75, 3.05) is 18.4 Å². The molecule has 0 bridgehead atoms. The standard InChI is InChI=1S/C18H15ClF3N3O2/c19-11-6-7-13(12(10-11)18(20,21)22)24-16(26)14-4-3-5-15(23-14)17(27)25-8-1-2-9-25/h3-7,10H,1-2,8-9H2,(H,24,26). The molecule has 142 valence electrons. The molecule has 0 saturated carbocycles. The summed E-state index contributed by atoms with van der Waals surface area (Å²) in [7, 11) is 0. The van der Waals surface area contributed by atoms with E-state index in [4.69, 9.17) is 11.6 Å². The molecule has 1 N–H and O–H groups in total. The third-order valence-corrected chi connectivity index (χ3v) is 4.36. The Kier molecular flexibility index (Phi) is 5.36. The van der Waals surface area contributed by atoms with E-state index >= 15 is 0 Å². The highest BCUT2D eigenvalue weighted by Gasteiger charge is 2.34. The van der Waals surface area contributed by atoms with E-state index in [1.807, 2.05) is 0 Å². The average molecular weight is 398 g/mol. The number of hydrogen-bond acceptors (Lipinski definition) is 3. The number of benzene rings is 1. The fourth-order valence-corrected chi connectivity index (χ4v) is 2.98. The van der Waals surface area contributed by atoms with Gasteiger partial charge < -0.3 is 10.2 Å². The highest BCUT2D eigenvalue weighted by molar-refractivity contribution is 6.30. The van der Waals surface area contributed by atoms with E-state index in [0.717, 1.165) is 25.0 Å². The van der Waals surface area contributed by atoms with E-state index in [9.17, 15) is 22.8 Å². The molecule has 1 saturated heterocycles. The number of carbonyl (C=O) groups excluding carboxylic acids is 2. The second-order valence-electron chi connectivity index (χ2n) is 6.05. The van der Waals surface area contributed by atoms with Gasteiger partial charge in [-0.1, -0.05) is 17.7 Å². The molecule has 2 heterocycles. The van der Waals surface area contributed by atoms with Crippen molar-refractivity contribution in [3.63, 3.8) is 0 Å². The molecule has 1 aliphatic rings. The van der Waals surface area contributed by atoms with Gasteiger partial charge in [0.15, 0.2) is 0 Å². The Hall–Kier alpha value is -2.61. The molecule has 1 aromatic heterocycles. The number of anilines is 1. The Morgan fingerprint density at radius 2 is 1.74 bits per heavy atom. The van der Waals surface area contributed by atoms with Crippen molar-refractivity contribution in [1.82, 2.24) is 9.88 Å². The molecule has 5 nitrogen and oxygen atoms in total. The minimum absolute atomic E-state index is 0.0803. The largest absolute Gasteiger partial charge is 0.418 e. The molecule has 0 unspecified atom stereocenters. The lowest BCUT2D eigenvalue weighted by atomic mass is 10.1. The number of carbonyl (C=O) groups is 2. The Labute approximate surface area is 158 Å². The number of nitrogens with one attached hydrogen (secondary N) is 1. The van der Waals surface area contributed by atoms with Gasteiger partial charge in [-0.2, -0.15) is 13.2 Å². The highest BCUT2D eigenvalue weighted by atomic mass is 35.5. The van der Waals surface area contributed by atoms with Crippen molar-refractivity contribution < 1.29 is 22.8 Å². The van der Waals surface area contributed by atoms with Gasteiger partial charge in [0.05, 0.1) is 11.3 Å². The maximum absolute atomic E-state index is 13.1. The number of likely N-dealkylation sites (tertiary alicyclic amines) is 1. The summed E-state index contributed by atoms with van der Waals surface area (Å²) < 4.78 is 39.4. The second kappa shape index (κ2) is 7.56. The smallest absolute Gasteiger partial charge is 0.337 e. The number of amides is 2. The fourth-order valence-electron chi connectivity index (χ4n) is 2.81. The molecule has 1 fully saturated rings. The quantitative estimate of drug-likeness (QED) is 0.842. The molecule has 0 aliphatic carbocycles. The lowest BCUT2D eigenvalue weighted by Gasteiger charge is -2.16. The van der Waals surface area contributed by atoms with Crippen LogP contribution in [0.5, 0.6) is 0 Å². The first-order chi connectivity index (χ1) is 12.8. The molecule has 1 aliphatic heterocycles. The number of aromatic nitrogens is 1. The fraction of sp³-hybridized carbons (Fsp3) is 0.278. The minimum atomic E-state index is -4.69. The van der Waals surface area contributed by atoms with Crippen molar-refractivity contribution in [2.45, 2.75) is 19.0 Å². The Morgan fingerprint density at radius 3 is 2.41 bits per heavy atom. The van der Waals surface area contributed by atoms with E-state index in [1.165, 1.54) is 24.3 Å². The third kappa shape index (κ3) is 4.39. The summed E-state index contributed by atoms with van der Waals surface area (Å²) in [4.78, 5) is 30.4. The summed E-state index contributed by atoms with van der Waals surface area (Å²) in [5.74, 6) is -1.15. The van der Waals surface area contributed by atoms with Crippen molar-refractivity contribution in [2.24, 2.45) is 0 Å². The first-order valence-electron chi connectivity index (χ1n) is 8.20. The first kappa shape index (κ1) is 19.2. The third-order valence-electron chi connectivity index (χ3n) is 4.13. The van der Waals surface area contributed by atoms with Gasteiger partial charge in [-0.3, -0.25) is 9.59 Å². The van der Waals surface area contributed by atoms with Crippen LogP contribution in [0.4, 0.5) is 18.9 Å². The Morgan fingerprint density at radius 1 is 1.07 bits per heavy atom. The molecule has 0 radical (unpaired) electrons. The summed E-state index contributed by atoms with van der Waals surface area (Å²) in [5.41, 5.74) is -1.57. The number of pyridine rings is 1. The first-order valence-corrected chi connectivity index (χ1v) is 8.58. The van der Waals surface area contributed by atoms with Crippen molar-refractivity contribution in [3.8, 4) is 0 Å². The van der Waals surface area contributed by atoms with Crippen molar-refractivity contribution >= 4 is 29.1 Å². The van der Waals surface area contributed by atoms with Crippen LogP contribution < -0.4 is 5.32 Å². The van der Waals surface area contributed by atoms with Gasteiger partial charge >= 0.3 is 6.18 Å². The van der Waals surface area contributed by atoms with Crippen LogP contribution in [-0.4, -0.2) is 34.8 Å². The van der Waals surface area contributed by atoms with Crippen molar-refractivity contribution in [3.05, 3.63) is 58.4 Å². The van der Waals surface area contributed by atoms with Crippen LogP contribution in [0.3, 0.4) is 0 Å². The Bertz CT molecular complexity index is 880. The summed E-state index contributed by atoms with van der Waals surface area (Å²) in [6.07, 6.45) is -2.88. The highest BCUT2D eigenvalue weighted by Crippen LogP contribution is 2.36. The molecule has 27 heavy (non-hydrogen) atoms. The van der Waals surface area contributed by atoms with E-state index < -0.39 is 23.3 Å².